The summed E-state index contributed by atoms with van der Waals surface area (Å²) in [6.07, 6.45) is 2.91. The molecule has 0 radical (unpaired) electrons. The van der Waals surface area contributed by atoms with Gasteiger partial charge in [0, 0.05) is 18.0 Å². The van der Waals surface area contributed by atoms with Crippen molar-refractivity contribution in [2.75, 3.05) is 10.7 Å². The van der Waals surface area contributed by atoms with E-state index in [2.05, 4.69) is 26.1 Å². The average molecular weight is 298 g/mol. The number of urea groups is 1. The van der Waals surface area contributed by atoms with Gasteiger partial charge in [-0.05, 0) is 18.2 Å². The van der Waals surface area contributed by atoms with Gasteiger partial charge in [0.1, 0.15) is 12.1 Å². The zero-order valence-corrected chi connectivity index (χ0v) is 11.0. The van der Waals surface area contributed by atoms with Gasteiger partial charge in [0.25, 0.3) is 0 Å². The zero-order valence-electron chi connectivity index (χ0n) is 9.52. The van der Waals surface area contributed by atoms with Gasteiger partial charge in [-0.3, -0.25) is 10.9 Å². The molecule has 0 spiro atoms. The van der Waals surface area contributed by atoms with Crippen molar-refractivity contribution in [2.24, 2.45) is 0 Å². The number of carbonyl (C=O) groups excluding carboxylic acids is 1. The summed E-state index contributed by atoms with van der Waals surface area (Å²) in [6.45, 7) is 0. The van der Waals surface area contributed by atoms with Gasteiger partial charge in [0.2, 0.25) is 0 Å². The molecule has 0 unspecified atom stereocenters. The summed E-state index contributed by atoms with van der Waals surface area (Å²) in [7, 11) is 0. The average Bonchev–Trinajstić information content (AvgIpc) is 2.42. The third-order valence-electron chi connectivity index (χ3n) is 2.06. The number of benzene rings is 1. The minimum Gasteiger partial charge on any atom is -0.307 e. The molecule has 0 saturated carbocycles. The first-order chi connectivity index (χ1) is 9.15. The summed E-state index contributed by atoms with van der Waals surface area (Å²) >= 11 is 11.6. The van der Waals surface area contributed by atoms with Crippen LogP contribution in [0.3, 0.4) is 0 Å². The second-order valence-corrected chi connectivity index (χ2v) is 4.24. The molecule has 2 amide bonds. The number of anilines is 2. The largest absolute Gasteiger partial charge is 0.337 e. The highest BCUT2D eigenvalue weighted by Gasteiger charge is 2.04. The first-order valence-electron chi connectivity index (χ1n) is 5.19. The number of nitrogens with zero attached hydrogens (tertiary/aromatic N) is 2. The Bertz CT molecular complexity index is 579. The van der Waals surface area contributed by atoms with Gasteiger partial charge in [0.05, 0.1) is 10.0 Å². The molecular weight excluding hydrogens is 289 g/mol. The van der Waals surface area contributed by atoms with Gasteiger partial charge in [-0.25, -0.2) is 14.8 Å². The summed E-state index contributed by atoms with van der Waals surface area (Å²) < 4.78 is 0. The van der Waals surface area contributed by atoms with Crippen LogP contribution in [0.2, 0.25) is 10.0 Å². The second-order valence-electron chi connectivity index (χ2n) is 3.43. The van der Waals surface area contributed by atoms with Crippen molar-refractivity contribution in [3.8, 4) is 0 Å². The lowest BCUT2D eigenvalue weighted by molar-refractivity contribution is 0.254. The molecule has 0 bridgehead atoms. The Morgan fingerprint density at radius 1 is 1.16 bits per heavy atom. The number of hydrogen-bond donors (Lipinski definition) is 3. The van der Waals surface area contributed by atoms with Gasteiger partial charge in [-0.2, -0.15) is 0 Å². The van der Waals surface area contributed by atoms with Crippen LogP contribution in [0.15, 0.2) is 36.8 Å². The molecule has 98 valence electrons. The number of rotatable bonds is 3. The predicted octanol–water partition coefficient (Wildman–Crippen LogP) is 2.93. The van der Waals surface area contributed by atoms with Crippen LogP contribution < -0.4 is 16.2 Å². The summed E-state index contributed by atoms with van der Waals surface area (Å²) in [4.78, 5) is 19.2. The van der Waals surface area contributed by atoms with Crippen LogP contribution in [0.4, 0.5) is 16.3 Å². The molecule has 2 aromatic rings. The number of amides is 2. The molecule has 0 atom stereocenters. The SMILES string of the molecule is O=C(NNc1ccncn1)Nc1ccc(Cl)c(Cl)c1. The van der Waals surface area contributed by atoms with E-state index in [0.29, 0.717) is 21.6 Å². The summed E-state index contributed by atoms with van der Waals surface area (Å²) in [5.74, 6) is 0.472. The van der Waals surface area contributed by atoms with Crippen molar-refractivity contribution in [1.82, 2.24) is 15.4 Å². The molecule has 19 heavy (non-hydrogen) atoms. The number of nitrogens with one attached hydrogen (secondary N) is 3. The first-order valence-corrected chi connectivity index (χ1v) is 5.95. The fourth-order valence-electron chi connectivity index (χ4n) is 1.22. The Hall–Kier alpha value is -2.05. The van der Waals surface area contributed by atoms with Crippen molar-refractivity contribution >= 4 is 40.7 Å². The van der Waals surface area contributed by atoms with Gasteiger partial charge in [0.15, 0.2) is 0 Å². The Morgan fingerprint density at radius 2 is 2.00 bits per heavy atom. The maximum Gasteiger partial charge on any atom is 0.337 e. The molecule has 1 aromatic heterocycles. The van der Waals surface area contributed by atoms with Crippen LogP contribution in [0.5, 0.6) is 0 Å². The van der Waals surface area contributed by atoms with Crippen LogP contribution in [-0.2, 0) is 0 Å². The number of aromatic nitrogens is 2. The van der Waals surface area contributed by atoms with Gasteiger partial charge < -0.3 is 5.32 Å². The van der Waals surface area contributed by atoms with Crippen LogP contribution >= 0.6 is 23.2 Å². The van der Waals surface area contributed by atoms with Gasteiger partial charge >= 0.3 is 6.03 Å². The quantitative estimate of drug-likeness (QED) is 0.761. The van der Waals surface area contributed by atoms with Crippen molar-refractivity contribution < 1.29 is 4.79 Å². The molecule has 0 fully saturated rings. The molecular formula is C11H9Cl2N5O. The lowest BCUT2D eigenvalue weighted by Crippen LogP contribution is -2.33. The van der Waals surface area contributed by atoms with E-state index >= 15 is 0 Å². The Morgan fingerprint density at radius 3 is 2.68 bits per heavy atom. The second kappa shape index (κ2) is 6.21. The van der Waals surface area contributed by atoms with E-state index in [4.69, 9.17) is 23.2 Å². The normalized spacial score (nSPS) is 9.79. The highest BCUT2D eigenvalue weighted by atomic mass is 35.5. The van der Waals surface area contributed by atoms with Gasteiger partial charge in [-0.15, -0.1) is 0 Å². The van der Waals surface area contributed by atoms with E-state index < -0.39 is 6.03 Å². The lowest BCUT2D eigenvalue weighted by Gasteiger charge is -2.09. The maximum atomic E-state index is 11.6. The van der Waals surface area contributed by atoms with E-state index in [-0.39, 0.29) is 0 Å². The molecule has 8 heteroatoms. The molecule has 0 aliphatic heterocycles. The van der Waals surface area contributed by atoms with E-state index in [1.54, 1.807) is 30.5 Å². The van der Waals surface area contributed by atoms with E-state index in [1.807, 2.05) is 0 Å². The molecule has 3 N–H and O–H groups in total. The summed E-state index contributed by atoms with van der Waals surface area (Å²) in [6, 6.07) is 5.93. The maximum absolute atomic E-state index is 11.6. The third kappa shape index (κ3) is 3.97. The minimum absolute atomic E-state index is 0.364. The first kappa shape index (κ1) is 13.4. The minimum atomic E-state index is -0.461. The van der Waals surface area contributed by atoms with Crippen molar-refractivity contribution in [1.29, 1.82) is 0 Å². The fourth-order valence-corrected chi connectivity index (χ4v) is 1.52. The summed E-state index contributed by atoms with van der Waals surface area (Å²) in [5.41, 5.74) is 5.56. The van der Waals surface area contributed by atoms with Crippen LogP contribution in [0.25, 0.3) is 0 Å². The van der Waals surface area contributed by atoms with E-state index in [1.165, 1.54) is 6.33 Å². The predicted molar refractivity (Wildman–Crippen MR) is 74.3 cm³/mol. The molecule has 1 heterocycles. The van der Waals surface area contributed by atoms with Crippen LogP contribution in [0.1, 0.15) is 0 Å². The molecule has 0 saturated heterocycles. The van der Waals surface area contributed by atoms with Gasteiger partial charge in [-0.1, -0.05) is 23.2 Å². The van der Waals surface area contributed by atoms with E-state index in [9.17, 15) is 4.79 Å². The molecule has 1 aromatic carbocycles. The van der Waals surface area contributed by atoms with Crippen LogP contribution in [0, 0.1) is 0 Å². The third-order valence-corrected chi connectivity index (χ3v) is 2.80. The van der Waals surface area contributed by atoms with E-state index in [0.717, 1.165) is 0 Å². The number of hydrazine groups is 1. The highest BCUT2D eigenvalue weighted by molar-refractivity contribution is 6.42. The number of halogens is 2. The Balaban J connectivity index is 1.89. The Labute approximate surface area is 119 Å². The molecule has 0 aliphatic rings. The number of carbonyl (C=O) groups is 1. The van der Waals surface area contributed by atoms with Crippen molar-refractivity contribution in [3.05, 3.63) is 46.8 Å². The highest BCUT2D eigenvalue weighted by Crippen LogP contribution is 2.24. The smallest absolute Gasteiger partial charge is 0.307 e. The Kier molecular flexibility index (Phi) is 4.38. The monoisotopic (exact) mass is 297 g/mol. The summed E-state index contributed by atoms with van der Waals surface area (Å²) in [5, 5.41) is 3.37. The van der Waals surface area contributed by atoms with Crippen molar-refractivity contribution in [3.63, 3.8) is 0 Å². The topological polar surface area (TPSA) is 78.9 Å². The zero-order chi connectivity index (χ0) is 13.7. The number of hydrogen-bond acceptors (Lipinski definition) is 4. The molecule has 2 rings (SSSR count). The molecule has 0 aliphatic carbocycles. The molecule has 6 nitrogen and oxygen atoms in total. The lowest BCUT2D eigenvalue weighted by atomic mass is 10.3. The standard InChI is InChI=1S/C11H9Cl2N5O/c12-8-2-1-7(5-9(8)13)16-11(19)18-17-10-3-4-14-6-15-10/h1-6H,(H,14,15,17)(H2,16,18,19). The van der Waals surface area contributed by atoms with Crippen LogP contribution in [-0.4, -0.2) is 16.0 Å². The fraction of sp³-hybridized carbons (Fsp3) is 0. The van der Waals surface area contributed by atoms with Crippen molar-refractivity contribution in [2.45, 2.75) is 0 Å².